The molecule has 7 nitrogen and oxygen atoms in total. The second-order valence-electron chi connectivity index (χ2n) is 7.77. The van der Waals surface area contributed by atoms with Crippen molar-refractivity contribution in [1.82, 2.24) is 0 Å². The molecule has 1 aliphatic heterocycles. The van der Waals surface area contributed by atoms with E-state index in [9.17, 15) is 9.59 Å². The molecule has 0 unspecified atom stereocenters. The number of rotatable bonds is 9. The highest BCUT2D eigenvalue weighted by molar-refractivity contribution is 6.07. The first-order chi connectivity index (χ1) is 14.9. The largest absolute Gasteiger partial charge is 0.494 e. The van der Waals surface area contributed by atoms with Crippen LogP contribution in [0.15, 0.2) is 42.5 Å². The van der Waals surface area contributed by atoms with E-state index >= 15 is 0 Å². The molecule has 0 saturated carbocycles. The molecule has 3 rings (SSSR count). The van der Waals surface area contributed by atoms with Crippen LogP contribution in [-0.4, -0.2) is 43.8 Å². The first-order valence-corrected chi connectivity index (χ1v) is 10.6. The van der Waals surface area contributed by atoms with E-state index in [0.717, 1.165) is 11.4 Å². The summed E-state index contributed by atoms with van der Waals surface area (Å²) in [6.45, 7) is 9.10. The zero-order valence-electron chi connectivity index (χ0n) is 18.6. The molecule has 2 aromatic carbocycles. The van der Waals surface area contributed by atoms with Crippen LogP contribution in [0.1, 0.15) is 44.5 Å². The summed E-state index contributed by atoms with van der Waals surface area (Å²) < 4.78 is 16.5. The van der Waals surface area contributed by atoms with E-state index < -0.39 is 11.5 Å². The monoisotopic (exact) mass is 426 g/mol. The Labute approximate surface area is 183 Å². The van der Waals surface area contributed by atoms with Gasteiger partial charge >= 0.3 is 5.97 Å². The molecule has 0 spiro atoms. The number of fused-ring (bicyclic) bond motifs is 1. The fourth-order valence-electron chi connectivity index (χ4n) is 3.53. The molecule has 1 aliphatic rings. The highest BCUT2D eigenvalue weighted by Crippen LogP contribution is 2.35. The maximum atomic E-state index is 12.9. The average Bonchev–Trinajstić information content (AvgIpc) is 2.73. The van der Waals surface area contributed by atoms with Crippen molar-refractivity contribution in [3.8, 4) is 11.5 Å². The lowest BCUT2D eigenvalue weighted by atomic mass is 9.98. The normalized spacial score (nSPS) is 14.5. The third kappa shape index (κ3) is 5.29. The number of ether oxygens (including phenoxy) is 3. The molecule has 0 aliphatic carbocycles. The Kier molecular flexibility index (Phi) is 7.05. The molecule has 1 N–H and O–H groups in total. The van der Waals surface area contributed by atoms with Gasteiger partial charge in [-0.25, -0.2) is 4.79 Å². The van der Waals surface area contributed by atoms with Gasteiger partial charge in [0.15, 0.2) is 0 Å². The number of hydrogen-bond donors (Lipinski definition) is 1. The summed E-state index contributed by atoms with van der Waals surface area (Å²) in [6, 6.07) is 12.7. The van der Waals surface area contributed by atoms with Crippen molar-refractivity contribution in [2.24, 2.45) is 0 Å². The van der Waals surface area contributed by atoms with E-state index in [4.69, 9.17) is 14.2 Å². The first kappa shape index (κ1) is 22.5. The SMILES string of the molecule is CCOc1cc(OCC)cc(C(=O)OCCCN2C(=O)C(C)(C)Nc3ccccc32)c1. The molecule has 0 atom stereocenters. The Morgan fingerprint density at radius 2 is 1.68 bits per heavy atom. The van der Waals surface area contributed by atoms with Crippen molar-refractivity contribution < 1.29 is 23.8 Å². The summed E-state index contributed by atoms with van der Waals surface area (Å²) in [7, 11) is 0. The van der Waals surface area contributed by atoms with Crippen LogP contribution in [0.5, 0.6) is 11.5 Å². The van der Waals surface area contributed by atoms with Crippen LogP contribution in [0.4, 0.5) is 11.4 Å². The summed E-state index contributed by atoms with van der Waals surface area (Å²) in [5, 5.41) is 3.28. The summed E-state index contributed by atoms with van der Waals surface area (Å²) in [4.78, 5) is 27.2. The highest BCUT2D eigenvalue weighted by Gasteiger charge is 2.38. The molecule has 0 fully saturated rings. The zero-order valence-corrected chi connectivity index (χ0v) is 18.6. The lowest BCUT2D eigenvalue weighted by Crippen LogP contribution is -2.54. The van der Waals surface area contributed by atoms with Gasteiger partial charge in [-0.1, -0.05) is 12.1 Å². The Hall–Kier alpha value is -3.22. The van der Waals surface area contributed by atoms with E-state index in [0.29, 0.717) is 43.2 Å². The van der Waals surface area contributed by atoms with Gasteiger partial charge in [0, 0.05) is 12.6 Å². The molecule has 7 heteroatoms. The van der Waals surface area contributed by atoms with E-state index in [1.165, 1.54) is 0 Å². The molecule has 166 valence electrons. The number of anilines is 2. The number of carbonyl (C=O) groups is 2. The highest BCUT2D eigenvalue weighted by atomic mass is 16.5. The van der Waals surface area contributed by atoms with Crippen molar-refractivity contribution >= 4 is 23.3 Å². The molecule has 1 heterocycles. The fraction of sp³-hybridized carbons (Fsp3) is 0.417. The lowest BCUT2D eigenvalue weighted by molar-refractivity contribution is -0.122. The number of amides is 1. The number of benzene rings is 2. The second kappa shape index (κ2) is 9.73. The maximum absolute atomic E-state index is 12.9. The number of carbonyl (C=O) groups excluding carboxylic acids is 2. The number of nitrogens with zero attached hydrogens (tertiary/aromatic N) is 1. The lowest BCUT2D eigenvalue weighted by Gasteiger charge is -2.40. The Morgan fingerprint density at radius 1 is 1.03 bits per heavy atom. The third-order valence-electron chi connectivity index (χ3n) is 4.92. The van der Waals surface area contributed by atoms with Crippen LogP contribution in [0.3, 0.4) is 0 Å². The Bertz CT molecular complexity index is 917. The Balaban J connectivity index is 1.62. The van der Waals surface area contributed by atoms with Crippen molar-refractivity contribution in [2.45, 2.75) is 39.7 Å². The first-order valence-electron chi connectivity index (χ1n) is 10.6. The summed E-state index contributed by atoms with van der Waals surface area (Å²) in [5.41, 5.74) is 1.43. The topological polar surface area (TPSA) is 77.1 Å². The standard InChI is InChI=1S/C24H30N2O5/c1-5-29-18-14-17(15-19(16-18)30-6-2)22(27)31-13-9-12-26-21-11-8-7-10-20(21)25-24(3,4)23(26)28/h7-8,10-11,14-16,25H,5-6,9,12-13H2,1-4H3. The molecule has 0 aromatic heterocycles. The van der Waals surface area contributed by atoms with Crippen LogP contribution in [0.2, 0.25) is 0 Å². The number of hydrogen-bond acceptors (Lipinski definition) is 6. The third-order valence-corrected chi connectivity index (χ3v) is 4.92. The van der Waals surface area contributed by atoms with Gasteiger partial charge in [-0.2, -0.15) is 0 Å². The predicted molar refractivity (Wildman–Crippen MR) is 120 cm³/mol. The van der Waals surface area contributed by atoms with Gasteiger partial charge in [-0.05, 0) is 58.4 Å². The van der Waals surface area contributed by atoms with Gasteiger partial charge in [0.25, 0.3) is 5.91 Å². The van der Waals surface area contributed by atoms with E-state index in [-0.39, 0.29) is 12.5 Å². The van der Waals surface area contributed by atoms with Crippen molar-refractivity contribution in [2.75, 3.05) is 36.6 Å². The minimum Gasteiger partial charge on any atom is -0.494 e. The van der Waals surface area contributed by atoms with E-state index in [1.54, 1.807) is 23.1 Å². The predicted octanol–water partition coefficient (Wildman–Crippen LogP) is 4.27. The van der Waals surface area contributed by atoms with Crippen LogP contribution in [0.25, 0.3) is 0 Å². The van der Waals surface area contributed by atoms with Gasteiger partial charge in [0.2, 0.25) is 0 Å². The molecule has 0 saturated heterocycles. The molecular formula is C24H30N2O5. The van der Waals surface area contributed by atoms with Gasteiger partial charge in [-0.3, -0.25) is 4.79 Å². The van der Waals surface area contributed by atoms with Crippen LogP contribution < -0.4 is 19.7 Å². The van der Waals surface area contributed by atoms with Gasteiger partial charge in [0.1, 0.15) is 17.0 Å². The molecule has 2 aromatic rings. The molecule has 0 bridgehead atoms. The van der Waals surface area contributed by atoms with Gasteiger partial charge in [-0.15, -0.1) is 0 Å². The summed E-state index contributed by atoms with van der Waals surface area (Å²) in [6.07, 6.45) is 0.519. The number of nitrogens with one attached hydrogen (secondary N) is 1. The van der Waals surface area contributed by atoms with Gasteiger partial charge < -0.3 is 24.4 Å². The van der Waals surface area contributed by atoms with Gasteiger partial charge in [0.05, 0.1) is 36.8 Å². The van der Waals surface area contributed by atoms with Crippen LogP contribution in [0, 0.1) is 0 Å². The minimum atomic E-state index is -0.694. The van der Waals surface area contributed by atoms with Crippen molar-refractivity contribution in [1.29, 1.82) is 0 Å². The van der Waals surface area contributed by atoms with Crippen molar-refractivity contribution in [3.63, 3.8) is 0 Å². The fourth-order valence-corrected chi connectivity index (χ4v) is 3.53. The van der Waals surface area contributed by atoms with E-state index in [2.05, 4.69) is 5.32 Å². The molecular weight excluding hydrogens is 396 g/mol. The smallest absolute Gasteiger partial charge is 0.338 e. The van der Waals surface area contributed by atoms with Crippen LogP contribution in [-0.2, 0) is 9.53 Å². The molecule has 1 amide bonds. The minimum absolute atomic E-state index is 0.0108. The number of esters is 1. The quantitative estimate of drug-likeness (QED) is 0.477. The molecule has 31 heavy (non-hydrogen) atoms. The summed E-state index contributed by atoms with van der Waals surface area (Å²) in [5.74, 6) is 0.662. The van der Waals surface area contributed by atoms with Crippen LogP contribution >= 0.6 is 0 Å². The average molecular weight is 427 g/mol. The second-order valence-corrected chi connectivity index (χ2v) is 7.77. The van der Waals surface area contributed by atoms with Crippen molar-refractivity contribution in [3.05, 3.63) is 48.0 Å². The van der Waals surface area contributed by atoms with E-state index in [1.807, 2.05) is 52.0 Å². The number of para-hydroxylation sites is 2. The Morgan fingerprint density at radius 3 is 2.32 bits per heavy atom. The molecule has 0 radical (unpaired) electrons. The maximum Gasteiger partial charge on any atom is 0.338 e. The zero-order chi connectivity index (χ0) is 22.4. The summed E-state index contributed by atoms with van der Waals surface area (Å²) >= 11 is 0.